The molecule has 4 nitrogen and oxygen atoms in total. The third-order valence-electron chi connectivity index (χ3n) is 10.6. The highest BCUT2D eigenvalue weighted by molar-refractivity contribution is 5.77. The fourth-order valence-electron chi connectivity index (χ4n) is 8.34. The lowest BCUT2D eigenvalue weighted by Gasteiger charge is -2.53. The maximum absolute atomic E-state index is 13.8. The number of rotatable bonds is 8. The SMILES string of the molecule is CCOC(=O)CCC[C@@H]1CC[C@@H]2[C@@H](C1)C[C@@H]1C(=O)O[C@H](C)[C@@]1(C)[C@H]2/C=C/C1=CC=C(c2cccc(F)c2)C(C)C1.[HH].[HH]. The number of ether oxygens (including phenoxy) is 2. The number of carbonyl (C=O) groups is 2. The van der Waals surface area contributed by atoms with Gasteiger partial charge in [-0.3, -0.25) is 9.59 Å². The highest BCUT2D eigenvalue weighted by Gasteiger charge is 2.61. The maximum Gasteiger partial charge on any atom is 0.309 e. The minimum atomic E-state index is -0.203. The average molecular weight is 553 g/mol. The summed E-state index contributed by atoms with van der Waals surface area (Å²) >= 11 is 0. The van der Waals surface area contributed by atoms with Crippen molar-refractivity contribution in [1.29, 1.82) is 0 Å². The molecule has 2 saturated carbocycles. The van der Waals surface area contributed by atoms with Crippen LogP contribution >= 0.6 is 0 Å². The molecule has 0 aromatic heterocycles. The predicted octanol–water partition coefficient (Wildman–Crippen LogP) is 8.58. The summed E-state index contributed by atoms with van der Waals surface area (Å²) in [7, 11) is 0. The molecule has 1 unspecified atom stereocenters. The van der Waals surface area contributed by atoms with Crippen molar-refractivity contribution >= 4 is 17.5 Å². The molecule has 0 radical (unpaired) electrons. The van der Waals surface area contributed by atoms with Gasteiger partial charge in [-0.25, -0.2) is 4.39 Å². The highest BCUT2D eigenvalue weighted by atomic mass is 19.1. The van der Waals surface area contributed by atoms with E-state index in [-0.39, 0.29) is 44.0 Å². The van der Waals surface area contributed by atoms with Crippen molar-refractivity contribution in [3.05, 3.63) is 65.5 Å². The molecule has 0 bridgehead atoms. The lowest BCUT2D eigenvalue weighted by Crippen LogP contribution is -2.51. The van der Waals surface area contributed by atoms with Crippen molar-refractivity contribution in [3.8, 4) is 0 Å². The Hall–Kier alpha value is -2.69. The molecule has 1 saturated heterocycles. The molecule has 1 aromatic rings. The van der Waals surface area contributed by atoms with Gasteiger partial charge >= 0.3 is 11.9 Å². The number of esters is 2. The average Bonchev–Trinajstić information content (AvgIpc) is 3.14. The van der Waals surface area contributed by atoms with Crippen molar-refractivity contribution in [1.82, 2.24) is 0 Å². The van der Waals surface area contributed by atoms with Crippen molar-refractivity contribution in [2.45, 2.75) is 85.2 Å². The number of fused-ring (bicyclic) bond motifs is 2. The van der Waals surface area contributed by atoms with Gasteiger partial charge < -0.3 is 9.47 Å². The molecule has 5 heteroatoms. The number of hydrogen-bond donors (Lipinski definition) is 0. The Kier molecular flexibility index (Phi) is 8.68. The van der Waals surface area contributed by atoms with Crippen LogP contribution < -0.4 is 0 Å². The van der Waals surface area contributed by atoms with Gasteiger partial charge in [0.25, 0.3) is 0 Å². The summed E-state index contributed by atoms with van der Waals surface area (Å²) in [5, 5.41) is 0. The van der Waals surface area contributed by atoms with E-state index in [0.29, 0.717) is 36.7 Å². The molecule has 1 heterocycles. The monoisotopic (exact) mass is 552 g/mol. The molecular formula is C35H49FO4. The largest absolute Gasteiger partial charge is 0.466 e. The molecule has 0 amide bonds. The zero-order chi connectivity index (χ0) is 28.4. The van der Waals surface area contributed by atoms with E-state index in [1.807, 2.05) is 13.0 Å². The molecular weight excluding hydrogens is 503 g/mol. The molecule has 0 spiro atoms. The number of hydrogen-bond acceptors (Lipinski definition) is 4. The molecule has 3 aliphatic carbocycles. The predicted molar refractivity (Wildman–Crippen MR) is 160 cm³/mol. The topological polar surface area (TPSA) is 52.6 Å². The Balaban J connectivity index is 0.00000242. The lowest BCUT2D eigenvalue weighted by molar-refractivity contribution is -0.145. The second-order valence-corrected chi connectivity index (χ2v) is 12.9. The molecule has 8 atom stereocenters. The number of carbonyl (C=O) groups excluding carboxylic acids is 2. The lowest BCUT2D eigenvalue weighted by atomic mass is 9.50. The summed E-state index contributed by atoms with van der Waals surface area (Å²) in [4.78, 5) is 24.8. The summed E-state index contributed by atoms with van der Waals surface area (Å²) in [5.74, 6) is 1.85. The van der Waals surface area contributed by atoms with E-state index in [9.17, 15) is 14.0 Å². The summed E-state index contributed by atoms with van der Waals surface area (Å²) in [6, 6.07) is 6.86. The zero-order valence-corrected chi connectivity index (χ0v) is 24.5. The fourth-order valence-corrected chi connectivity index (χ4v) is 8.34. The van der Waals surface area contributed by atoms with Gasteiger partial charge in [-0.2, -0.15) is 0 Å². The minimum absolute atomic E-state index is 0. The van der Waals surface area contributed by atoms with Crippen molar-refractivity contribution in [3.63, 3.8) is 0 Å². The van der Waals surface area contributed by atoms with E-state index >= 15 is 0 Å². The van der Waals surface area contributed by atoms with Crippen molar-refractivity contribution in [2.24, 2.45) is 40.9 Å². The second-order valence-electron chi connectivity index (χ2n) is 12.9. The molecule has 220 valence electrons. The van der Waals surface area contributed by atoms with Gasteiger partial charge in [-0.05, 0) is 111 Å². The first-order valence-electron chi connectivity index (χ1n) is 15.4. The Morgan fingerprint density at radius 2 is 2.05 bits per heavy atom. The van der Waals surface area contributed by atoms with Crippen LogP contribution in [-0.4, -0.2) is 24.6 Å². The fraction of sp³-hybridized carbons (Fsp3) is 0.600. The van der Waals surface area contributed by atoms with Gasteiger partial charge in [0.2, 0.25) is 0 Å². The van der Waals surface area contributed by atoms with Gasteiger partial charge in [0, 0.05) is 14.7 Å². The van der Waals surface area contributed by atoms with Crippen LogP contribution in [0.5, 0.6) is 0 Å². The van der Waals surface area contributed by atoms with Gasteiger partial charge in [0.15, 0.2) is 0 Å². The Labute approximate surface area is 242 Å². The number of halogens is 1. The van der Waals surface area contributed by atoms with Crippen LogP contribution in [0.2, 0.25) is 0 Å². The summed E-state index contributed by atoms with van der Waals surface area (Å²) in [6.45, 7) is 8.86. The van der Waals surface area contributed by atoms with Crippen LogP contribution in [0.3, 0.4) is 0 Å². The normalized spacial score (nSPS) is 35.4. The Bertz CT molecular complexity index is 1210. The van der Waals surface area contributed by atoms with Gasteiger partial charge in [-0.15, -0.1) is 0 Å². The summed E-state index contributed by atoms with van der Waals surface area (Å²) in [5.41, 5.74) is 3.20. The van der Waals surface area contributed by atoms with Crippen molar-refractivity contribution < 1.29 is 26.3 Å². The minimum Gasteiger partial charge on any atom is -0.466 e. The first-order chi connectivity index (χ1) is 19.2. The standard InChI is InChI=1S/C35H45FO4.2H2/c1-5-39-33(37)11-6-8-24-13-16-30-27(19-24)21-32-34(38)40-23(3)35(32,4)31(30)17-14-25-12-15-29(22(2)18-25)26-9-7-10-28(36)20-26;;/h7,9-10,12,14-15,17,20,22-24,27,30-32H,5-6,8,11,13,16,18-19,21H2,1-4H3;2*1H/b17-14+;;/t22?,23-,24-,27+,30-,31+,32-,35+;;/m1../s1. The van der Waals surface area contributed by atoms with Crippen molar-refractivity contribution in [2.75, 3.05) is 6.61 Å². The summed E-state index contributed by atoms with van der Waals surface area (Å²) < 4.78 is 24.8. The highest BCUT2D eigenvalue weighted by Crippen LogP contribution is 2.61. The number of allylic oxidation sites excluding steroid dienone is 6. The quantitative estimate of drug-likeness (QED) is 0.303. The third-order valence-corrected chi connectivity index (χ3v) is 10.6. The van der Waals surface area contributed by atoms with Crippen LogP contribution in [0.1, 0.15) is 87.5 Å². The van der Waals surface area contributed by atoms with E-state index in [1.54, 1.807) is 12.1 Å². The molecule has 0 N–H and O–H groups in total. The van der Waals surface area contributed by atoms with E-state index in [2.05, 4.69) is 45.1 Å². The number of benzene rings is 1. The van der Waals surface area contributed by atoms with Crippen LogP contribution in [0.4, 0.5) is 4.39 Å². The first-order valence-corrected chi connectivity index (χ1v) is 15.4. The van der Waals surface area contributed by atoms with E-state index < -0.39 is 0 Å². The second kappa shape index (κ2) is 12.0. The third kappa shape index (κ3) is 5.71. The smallest absolute Gasteiger partial charge is 0.309 e. The molecule has 5 rings (SSSR count). The van der Waals surface area contributed by atoms with Crippen LogP contribution in [0.15, 0.2) is 54.1 Å². The molecule has 4 aliphatic rings. The molecule has 1 aromatic carbocycles. The molecule has 3 fully saturated rings. The zero-order valence-electron chi connectivity index (χ0n) is 24.5. The van der Waals surface area contributed by atoms with Crippen LogP contribution in [-0.2, 0) is 19.1 Å². The molecule has 1 aliphatic heterocycles. The van der Waals surface area contributed by atoms with Crippen LogP contribution in [0, 0.1) is 46.7 Å². The molecule has 40 heavy (non-hydrogen) atoms. The number of cyclic esters (lactones) is 1. The van der Waals surface area contributed by atoms with Gasteiger partial charge in [0.1, 0.15) is 11.9 Å². The summed E-state index contributed by atoms with van der Waals surface area (Å²) in [6.07, 6.45) is 16.6. The van der Waals surface area contributed by atoms with E-state index in [4.69, 9.17) is 9.47 Å². The Morgan fingerprint density at radius 3 is 2.80 bits per heavy atom. The maximum atomic E-state index is 13.8. The van der Waals surface area contributed by atoms with E-state index in [1.165, 1.54) is 23.6 Å². The van der Waals surface area contributed by atoms with E-state index in [0.717, 1.165) is 44.1 Å². The Morgan fingerprint density at radius 1 is 1.23 bits per heavy atom. The van der Waals surface area contributed by atoms with Gasteiger partial charge in [0.05, 0.1) is 12.5 Å². The van der Waals surface area contributed by atoms with Gasteiger partial charge in [-0.1, -0.05) is 56.7 Å². The van der Waals surface area contributed by atoms with Crippen LogP contribution in [0.25, 0.3) is 5.57 Å². The first kappa shape index (κ1) is 28.8.